The van der Waals surface area contributed by atoms with Crippen molar-refractivity contribution in [2.24, 2.45) is 5.92 Å². The first-order valence-corrected chi connectivity index (χ1v) is 8.93. The number of amides is 1. The molecule has 3 aromatic heterocycles. The largest absolute Gasteiger partial charge is 0.340 e. The molecular formula is C20H23N5O. The van der Waals surface area contributed by atoms with Gasteiger partial charge in [-0.15, -0.1) is 0 Å². The van der Waals surface area contributed by atoms with Gasteiger partial charge in [0.25, 0.3) is 5.91 Å². The van der Waals surface area contributed by atoms with Gasteiger partial charge in [-0.1, -0.05) is 12.1 Å². The Bertz CT molecular complexity index is 907. The molecule has 0 radical (unpaired) electrons. The Hall–Kier alpha value is -2.73. The van der Waals surface area contributed by atoms with Crippen LogP contribution >= 0.6 is 0 Å². The fraction of sp³-hybridized carbons (Fsp3) is 0.350. The van der Waals surface area contributed by atoms with Gasteiger partial charge in [0.15, 0.2) is 0 Å². The molecule has 1 aliphatic rings. The van der Waals surface area contributed by atoms with E-state index in [-0.39, 0.29) is 5.91 Å². The quantitative estimate of drug-likeness (QED) is 0.726. The van der Waals surface area contributed by atoms with Crippen molar-refractivity contribution in [3.05, 3.63) is 66.4 Å². The highest BCUT2D eigenvalue weighted by atomic mass is 16.2. The number of rotatable bonds is 4. The molecule has 0 unspecified atom stereocenters. The lowest BCUT2D eigenvalue weighted by Crippen LogP contribution is -2.35. The molecule has 1 saturated heterocycles. The second-order valence-electron chi connectivity index (χ2n) is 7.01. The van der Waals surface area contributed by atoms with Crippen molar-refractivity contribution in [2.75, 3.05) is 27.2 Å². The molecule has 0 aromatic carbocycles. The van der Waals surface area contributed by atoms with Crippen LogP contribution in [0.5, 0.6) is 0 Å². The zero-order chi connectivity index (χ0) is 18.1. The molecule has 1 fully saturated rings. The van der Waals surface area contributed by atoms with Crippen LogP contribution in [0.4, 0.5) is 0 Å². The van der Waals surface area contributed by atoms with Gasteiger partial charge in [0, 0.05) is 44.4 Å². The van der Waals surface area contributed by atoms with E-state index < -0.39 is 0 Å². The summed E-state index contributed by atoms with van der Waals surface area (Å²) < 4.78 is 1.85. The molecule has 6 heteroatoms. The molecule has 2 atom stereocenters. The molecular weight excluding hydrogens is 326 g/mol. The van der Waals surface area contributed by atoms with Crippen LogP contribution in [0.3, 0.4) is 0 Å². The molecule has 3 aromatic rings. The lowest BCUT2D eigenvalue weighted by Gasteiger charge is -2.28. The highest BCUT2D eigenvalue weighted by molar-refractivity contribution is 5.93. The van der Waals surface area contributed by atoms with Crippen LogP contribution < -0.4 is 0 Å². The van der Waals surface area contributed by atoms with Crippen molar-refractivity contribution >= 4 is 11.6 Å². The molecule has 26 heavy (non-hydrogen) atoms. The summed E-state index contributed by atoms with van der Waals surface area (Å²) in [6.45, 7) is 1.75. The zero-order valence-electron chi connectivity index (χ0n) is 15.1. The van der Waals surface area contributed by atoms with E-state index >= 15 is 0 Å². The highest BCUT2D eigenvalue weighted by Gasteiger charge is 2.34. The summed E-state index contributed by atoms with van der Waals surface area (Å²) in [6, 6.07) is 10.0. The maximum atomic E-state index is 13.0. The molecule has 0 aliphatic carbocycles. The molecule has 0 spiro atoms. The molecule has 4 heterocycles. The van der Waals surface area contributed by atoms with E-state index in [2.05, 4.69) is 28.0 Å². The van der Waals surface area contributed by atoms with Crippen molar-refractivity contribution in [3.8, 4) is 0 Å². The van der Waals surface area contributed by atoms with Crippen molar-refractivity contribution in [1.82, 2.24) is 24.2 Å². The Kier molecular flexibility index (Phi) is 4.42. The summed E-state index contributed by atoms with van der Waals surface area (Å²) in [4.78, 5) is 25.7. The lowest BCUT2D eigenvalue weighted by atomic mass is 9.94. The monoisotopic (exact) mass is 349 g/mol. The Morgan fingerprint density at radius 3 is 2.96 bits per heavy atom. The van der Waals surface area contributed by atoms with Crippen LogP contribution in [0.1, 0.15) is 28.5 Å². The third kappa shape index (κ3) is 2.97. The van der Waals surface area contributed by atoms with Gasteiger partial charge < -0.3 is 4.90 Å². The number of pyridine rings is 2. The van der Waals surface area contributed by atoms with Crippen LogP contribution in [0.15, 0.2) is 55.1 Å². The van der Waals surface area contributed by atoms with E-state index in [0.29, 0.717) is 24.2 Å². The first-order valence-electron chi connectivity index (χ1n) is 8.93. The maximum Gasteiger partial charge on any atom is 0.270 e. The predicted molar refractivity (Wildman–Crippen MR) is 99.9 cm³/mol. The van der Waals surface area contributed by atoms with Crippen LogP contribution in [-0.4, -0.2) is 57.3 Å². The van der Waals surface area contributed by atoms with E-state index in [1.165, 1.54) is 5.56 Å². The smallest absolute Gasteiger partial charge is 0.270 e. The molecule has 1 amide bonds. The third-order valence-corrected chi connectivity index (χ3v) is 5.30. The maximum absolute atomic E-state index is 13.0. The average molecular weight is 349 g/mol. The number of carbonyl (C=O) groups excluding carboxylic acids is 1. The second kappa shape index (κ2) is 6.88. The number of imidazole rings is 1. The average Bonchev–Trinajstić information content (AvgIpc) is 3.28. The van der Waals surface area contributed by atoms with Gasteiger partial charge in [-0.2, -0.15) is 0 Å². The Labute approximate surface area is 153 Å². The number of hydrogen-bond donors (Lipinski definition) is 0. The molecule has 0 N–H and O–H groups in total. The molecule has 134 valence electrons. The minimum atomic E-state index is 0.0214. The highest BCUT2D eigenvalue weighted by Crippen LogP contribution is 2.36. The summed E-state index contributed by atoms with van der Waals surface area (Å²) in [6.07, 6.45) is 8.36. The predicted octanol–water partition coefficient (Wildman–Crippen LogP) is 2.49. The van der Waals surface area contributed by atoms with E-state index in [1.807, 2.05) is 53.0 Å². The number of hydrogen-bond acceptors (Lipinski definition) is 4. The van der Waals surface area contributed by atoms with Crippen LogP contribution in [-0.2, 0) is 0 Å². The molecule has 6 nitrogen and oxygen atoms in total. The second-order valence-corrected chi connectivity index (χ2v) is 7.01. The third-order valence-electron chi connectivity index (χ3n) is 5.30. The van der Waals surface area contributed by atoms with Gasteiger partial charge in [0.1, 0.15) is 11.3 Å². The summed E-state index contributed by atoms with van der Waals surface area (Å²) in [5, 5.41) is 0. The first-order chi connectivity index (χ1) is 12.6. The fourth-order valence-corrected chi connectivity index (χ4v) is 4.05. The Morgan fingerprint density at radius 2 is 2.15 bits per heavy atom. The number of aromatic nitrogens is 3. The van der Waals surface area contributed by atoms with E-state index in [9.17, 15) is 4.79 Å². The van der Waals surface area contributed by atoms with E-state index in [4.69, 9.17) is 0 Å². The minimum absolute atomic E-state index is 0.0214. The Balaban J connectivity index is 1.54. The molecule has 0 saturated carbocycles. The topological polar surface area (TPSA) is 53.7 Å². The van der Waals surface area contributed by atoms with Gasteiger partial charge in [-0.05, 0) is 49.7 Å². The summed E-state index contributed by atoms with van der Waals surface area (Å²) in [7, 11) is 4.03. The van der Waals surface area contributed by atoms with Gasteiger partial charge in [0.05, 0.1) is 0 Å². The molecule has 0 bridgehead atoms. The van der Waals surface area contributed by atoms with Crippen LogP contribution in [0.2, 0.25) is 0 Å². The number of nitrogens with zero attached hydrogens (tertiary/aromatic N) is 5. The van der Waals surface area contributed by atoms with E-state index in [0.717, 1.165) is 18.6 Å². The standard InChI is InChI=1S/C20H23N5O/c1-23-11-8-16(19(23)15-5-4-9-21-13-15)14-24(2)20(26)17-6-3-7-18-22-10-12-25(17)18/h3-7,9-10,12-13,16,19H,8,11,14H2,1-2H3/t16-,19-/m0/s1. The minimum Gasteiger partial charge on any atom is -0.340 e. The van der Waals surface area contributed by atoms with Crippen LogP contribution in [0, 0.1) is 5.92 Å². The number of carbonyl (C=O) groups is 1. The normalized spacial score (nSPS) is 20.5. The van der Waals surface area contributed by atoms with Gasteiger partial charge in [-0.25, -0.2) is 4.98 Å². The van der Waals surface area contributed by atoms with Gasteiger partial charge in [0.2, 0.25) is 0 Å². The number of likely N-dealkylation sites (tertiary alicyclic amines) is 1. The van der Waals surface area contributed by atoms with Gasteiger partial charge in [-0.3, -0.25) is 19.1 Å². The Morgan fingerprint density at radius 1 is 1.27 bits per heavy atom. The number of fused-ring (bicyclic) bond motifs is 1. The first kappa shape index (κ1) is 16.7. The molecule has 1 aliphatic heterocycles. The summed E-state index contributed by atoms with van der Waals surface area (Å²) >= 11 is 0. The van der Waals surface area contributed by atoms with Crippen molar-refractivity contribution in [2.45, 2.75) is 12.5 Å². The summed E-state index contributed by atoms with van der Waals surface area (Å²) in [5.41, 5.74) is 2.65. The summed E-state index contributed by atoms with van der Waals surface area (Å²) in [5.74, 6) is 0.410. The van der Waals surface area contributed by atoms with Crippen molar-refractivity contribution in [3.63, 3.8) is 0 Å². The SMILES string of the molecule is CN(C[C@@H]1CCN(C)[C@H]1c1cccnc1)C(=O)c1cccc2nccn12. The van der Waals surface area contributed by atoms with E-state index in [1.54, 1.807) is 12.4 Å². The zero-order valence-corrected chi connectivity index (χ0v) is 15.1. The fourth-order valence-electron chi connectivity index (χ4n) is 4.05. The van der Waals surface area contributed by atoms with Crippen molar-refractivity contribution < 1.29 is 4.79 Å². The molecule has 4 rings (SSSR count). The lowest BCUT2D eigenvalue weighted by molar-refractivity contribution is 0.0753. The van der Waals surface area contributed by atoms with Gasteiger partial charge >= 0.3 is 0 Å². The van der Waals surface area contributed by atoms with Crippen LogP contribution in [0.25, 0.3) is 5.65 Å². The van der Waals surface area contributed by atoms with Crippen molar-refractivity contribution in [1.29, 1.82) is 0 Å².